The highest BCUT2D eigenvalue weighted by molar-refractivity contribution is 5.79. The van der Waals surface area contributed by atoms with Gasteiger partial charge in [-0.15, -0.1) is 0 Å². The summed E-state index contributed by atoms with van der Waals surface area (Å²) < 4.78 is 36.0. The Morgan fingerprint density at radius 2 is 1.80 bits per heavy atom. The van der Waals surface area contributed by atoms with Gasteiger partial charge in [0.1, 0.15) is 35.9 Å². The molecular weight excluding hydrogens is 602 g/mol. The maximum atomic E-state index is 12.3. The Balaban J connectivity index is 1.44. The number of methoxy groups -OCH3 is 2. The van der Waals surface area contributed by atoms with Crippen molar-refractivity contribution < 1.29 is 58.7 Å². The number of aliphatic carboxylic acids is 1. The van der Waals surface area contributed by atoms with Gasteiger partial charge in [0, 0.05) is 30.3 Å². The fraction of sp³-hybridized carbons (Fsp3) is 0.424. The van der Waals surface area contributed by atoms with Gasteiger partial charge in [-0.2, -0.15) is 0 Å². The highest BCUT2D eigenvalue weighted by Crippen LogP contribution is 2.59. The van der Waals surface area contributed by atoms with Crippen molar-refractivity contribution in [3.05, 3.63) is 65.2 Å². The molecule has 6 N–H and O–H groups in total. The molecule has 6 rings (SSSR count). The summed E-state index contributed by atoms with van der Waals surface area (Å²) in [6, 6.07) is 14.6. The minimum atomic E-state index is -2.30. The fourth-order valence-electron chi connectivity index (χ4n) is 6.65. The molecule has 13 heteroatoms. The van der Waals surface area contributed by atoms with Gasteiger partial charge in [0.25, 0.3) is 0 Å². The molecule has 0 aliphatic carbocycles. The van der Waals surface area contributed by atoms with Crippen LogP contribution in [0, 0.1) is 0 Å². The van der Waals surface area contributed by atoms with Crippen molar-refractivity contribution in [3.63, 3.8) is 0 Å². The maximum absolute atomic E-state index is 12.3. The van der Waals surface area contributed by atoms with E-state index in [0.29, 0.717) is 35.0 Å². The quantitative estimate of drug-likeness (QED) is 0.187. The second-order valence-electron chi connectivity index (χ2n) is 11.4. The van der Waals surface area contributed by atoms with Crippen molar-refractivity contribution in [2.75, 3.05) is 41.0 Å². The zero-order valence-corrected chi connectivity index (χ0v) is 25.5. The van der Waals surface area contributed by atoms with Crippen LogP contribution in [0.4, 0.5) is 0 Å². The number of carbonyl (C=O) groups is 1. The van der Waals surface area contributed by atoms with Gasteiger partial charge in [-0.3, -0.25) is 0 Å². The summed E-state index contributed by atoms with van der Waals surface area (Å²) >= 11 is 0. The van der Waals surface area contributed by atoms with E-state index in [4.69, 9.17) is 28.4 Å². The van der Waals surface area contributed by atoms with Gasteiger partial charge < -0.3 is 59.3 Å². The molecule has 0 spiro atoms. The zero-order chi connectivity index (χ0) is 32.7. The standard InChI is InChI=1S/C33H37NO12/c1-34-15-33(32(39)40)30(38)25(36)26(37)31(46-33)44-18-12-19(16-7-5-4-6-8-16)24-21(13-18)43-14-20-23-17(9-10-35)11-22(41-2)28(42-3)29(23)45-27(20)24/h4-8,11-13,20,25-27,30-31,34-38H,9-10,14-15H2,1-3H3,(H,39,40)/t20-,25-,26-,27-,30+,31-,33-/m1/s1. The molecule has 0 bridgehead atoms. The van der Waals surface area contributed by atoms with Crippen LogP contribution < -0.4 is 29.0 Å². The van der Waals surface area contributed by atoms with Crippen LogP contribution in [0.15, 0.2) is 48.5 Å². The summed E-state index contributed by atoms with van der Waals surface area (Å²) in [5.41, 5.74) is 1.61. The van der Waals surface area contributed by atoms with E-state index in [9.17, 15) is 30.3 Å². The predicted octanol–water partition coefficient (Wildman–Crippen LogP) is 1.38. The van der Waals surface area contributed by atoms with Crippen molar-refractivity contribution >= 4 is 5.97 Å². The largest absolute Gasteiger partial charge is 0.493 e. The third kappa shape index (κ3) is 5.09. The van der Waals surface area contributed by atoms with E-state index in [1.807, 2.05) is 36.4 Å². The fourth-order valence-corrected chi connectivity index (χ4v) is 6.65. The van der Waals surface area contributed by atoms with Crippen molar-refractivity contribution in [1.82, 2.24) is 5.32 Å². The van der Waals surface area contributed by atoms with Crippen molar-refractivity contribution in [2.24, 2.45) is 0 Å². The Hall–Kier alpha value is -4.11. The first-order valence-corrected chi connectivity index (χ1v) is 14.9. The van der Waals surface area contributed by atoms with E-state index in [0.717, 1.165) is 22.3 Å². The van der Waals surface area contributed by atoms with Crippen LogP contribution in [0.3, 0.4) is 0 Å². The number of benzene rings is 3. The molecule has 13 nitrogen and oxygen atoms in total. The number of hydrogen-bond donors (Lipinski definition) is 6. The second kappa shape index (κ2) is 12.6. The number of aliphatic hydroxyl groups excluding tert-OH is 4. The molecule has 46 heavy (non-hydrogen) atoms. The minimum Gasteiger partial charge on any atom is -0.493 e. The number of likely N-dealkylation sites (N-methyl/N-ethyl adjacent to an activating group) is 1. The van der Waals surface area contributed by atoms with E-state index < -0.39 is 42.3 Å². The van der Waals surface area contributed by atoms with Crippen LogP contribution >= 0.6 is 0 Å². The highest BCUT2D eigenvalue weighted by atomic mass is 16.7. The van der Waals surface area contributed by atoms with Crippen molar-refractivity contribution in [2.45, 2.75) is 48.6 Å². The third-order valence-corrected chi connectivity index (χ3v) is 8.83. The van der Waals surface area contributed by atoms with E-state index in [1.165, 1.54) is 21.3 Å². The lowest BCUT2D eigenvalue weighted by Crippen LogP contribution is -2.71. The summed E-state index contributed by atoms with van der Waals surface area (Å²) in [7, 11) is 4.54. The van der Waals surface area contributed by atoms with Crippen LogP contribution in [-0.4, -0.2) is 103 Å². The Labute approximate surface area is 264 Å². The number of nitrogens with one attached hydrogen (secondary N) is 1. The molecule has 0 aromatic heterocycles. The number of aliphatic hydroxyl groups is 4. The van der Waals surface area contributed by atoms with Crippen LogP contribution in [0.25, 0.3) is 11.1 Å². The van der Waals surface area contributed by atoms with Crippen LogP contribution in [0.2, 0.25) is 0 Å². The van der Waals surface area contributed by atoms with Gasteiger partial charge in [0.2, 0.25) is 17.6 Å². The van der Waals surface area contributed by atoms with E-state index in [-0.39, 0.29) is 31.4 Å². The van der Waals surface area contributed by atoms with Gasteiger partial charge in [-0.1, -0.05) is 30.3 Å². The predicted molar refractivity (Wildman–Crippen MR) is 162 cm³/mol. The molecule has 3 aliphatic heterocycles. The molecule has 3 aromatic rings. The Bertz CT molecular complexity index is 1600. The number of hydrogen-bond acceptors (Lipinski definition) is 12. The minimum absolute atomic E-state index is 0.0784. The molecule has 1 saturated heterocycles. The molecular formula is C33H37NO12. The van der Waals surface area contributed by atoms with Crippen LogP contribution in [0.5, 0.6) is 28.7 Å². The van der Waals surface area contributed by atoms with Gasteiger partial charge in [-0.05, 0) is 42.3 Å². The summed E-state index contributed by atoms with van der Waals surface area (Å²) in [4.78, 5) is 12.3. The summed E-state index contributed by atoms with van der Waals surface area (Å²) in [5, 5.41) is 54.5. The zero-order valence-electron chi connectivity index (χ0n) is 25.5. The summed E-state index contributed by atoms with van der Waals surface area (Å²) in [5.74, 6) is 0.209. The van der Waals surface area contributed by atoms with E-state index in [1.54, 1.807) is 12.1 Å². The Kier molecular flexibility index (Phi) is 8.72. The lowest BCUT2D eigenvalue weighted by molar-refractivity contribution is -0.305. The van der Waals surface area contributed by atoms with Gasteiger partial charge in [0.05, 0.1) is 26.7 Å². The average molecular weight is 640 g/mol. The molecule has 0 saturated carbocycles. The lowest BCUT2D eigenvalue weighted by Gasteiger charge is -2.45. The Morgan fingerprint density at radius 1 is 1.04 bits per heavy atom. The van der Waals surface area contributed by atoms with Gasteiger partial charge in [-0.25, -0.2) is 4.79 Å². The second-order valence-corrected chi connectivity index (χ2v) is 11.4. The highest BCUT2D eigenvalue weighted by Gasteiger charge is 2.59. The normalized spacial score (nSPS) is 27.8. The topological polar surface area (TPSA) is 186 Å². The smallest absolute Gasteiger partial charge is 0.340 e. The molecule has 7 atom stereocenters. The number of fused-ring (bicyclic) bond motifs is 5. The van der Waals surface area contributed by atoms with E-state index in [2.05, 4.69) is 5.32 Å². The molecule has 0 radical (unpaired) electrons. The van der Waals surface area contributed by atoms with Crippen LogP contribution in [-0.2, 0) is 16.0 Å². The molecule has 246 valence electrons. The molecule has 1 fully saturated rings. The first-order valence-electron chi connectivity index (χ1n) is 14.9. The monoisotopic (exact) mass is 639 g/mol. The maximum Gasteiger partial charge on any atom is 0.340 e. The van der Waals surface area contributed by atoms with Gasteiger partial charge >= 0.3 is 5.97 Å². The summed E-state index contributed by atoms with van der Waals surface area (Å²) in [6.45, 7) is -0.234. The molecule has 3 aromatic carbocycles. The molecule has 0 unspecified atom stereocenters. The molecule has 3 heterocycles. The average Bonchev–Trinajstić information content (AvgIpc) is 3.45. The number of carboxylic acid groups (broad SMARTS) is 1. The molecule has 3 aliphatic rings. The Morgan fingerprint density at radius 3 is 2.46 bits per heavy atom. The lowest BCUT2D eigenvalue weighted by atomic mass is 9.83. The third-order valence-electron chi connectivity index (χ3n) is 8.83. The van der Waals surface area contributed by atoms with Gasteiger partial charge in [0.15, 0.2) is 11.5 Å². The first kappa shape index (κ1) is 31.9. The SMILES string of the molecule is CNC[C@@]1(C(=O)O)O[C@@H](Oc2cc3c(c(-c4ccccc4)c2)[C@@H]2Oc4c(OC)c(OC)cc(CCO)c4[C@H]2CO3)[C@H](O)[C@@H](O)[C@@H]1O. The van der Waals surface area contributed by atoms with E-state index >= 15 is 0 Å². The first-order chi connectivity index (χ1) is 22.2. The van der Waals surface area contributed by atoms with Crippen LogP contribution in [0.1, 0.15) is 28.7 Å². The summed E-state index contributed by atoms with van der Waals surface area (Å²) in [6.07, 6.45) is -7.41. The number of rotatable bonds is 10. The van der Waals surface area contributed by atoms with Crippen molar-refractivity contribution in [1.29, 1.82) is 0 Å². The molecule has 0 amide bonds. The number of ether oxygens (including phenoxy) is 6. The number of carboxylic acids is 1. The van der Waals surface area contributed by atoms with Crippen molar-refractivity contribution in [3.8, 4) is 39.9 Å².